The third-order valence-electron chi connectivity index (χ3n) is 5.98. The number of nitrogens with one attached hydrogen (secondary N) is 2. The van der Waals surface area contributed by atoms with E-state index in [9.17, 15) is 4.79 Å². The Hall–Kier alpha value is -3.32. The van der Waals surface area contributed by atoms with Crippen LogP contribution in [0, 0.1) is 0 Å². The van der Waals surface area contributed by atoms with Crippen LogP contribution in [0.1, 0.15) is 40.7 Å². The Morgan fingerprint density at radius 2 is 1.94 bits per heavy atom. The van der Waals surface area contributed by atoms with Crippen LogP contribution < -0.4 is 10.2 Å². The quantitative estimate of drug-likeness (QED) is 0.450. The molecular formula is C24H24ClN5O2. The Morgan fingerprint density at radius 1 is 1.16 bits per heavy atom. The van der Waals surface area contributed by atoms with Crippen LogP contribution >= 0.6 is 11.6 Å². The average molecular weight is 450 g/mol. The molecule has 1 aliphatic heterocycles. The smallest absolute Gasteiger partial charge is 0.267 e. The van der Waals surface area contributed by atoms with Crippen LogP contribution in [0.25, 0.3) is 10.9 Å². The van der Waals surface area contributed by atoms with Crippen LogP contribution in [-0.4, -0.2) is 40.7 Å². The van der Waals surface area contributed by atoms with Crippen molar-refractivity contribution in [2.45, 2.75) is 25.2 Å². The molecule has 0 atom stereocenters. The first-order valence-electron chi connectivity index (χ1n) is 10.9. The maximum atomic E-state index is 12.4. The lowest BCUT2D eigenvalue weighted by molar-refractivity contribution is 0.0949. The number of hydrogen-bond acceptors (Lipinski definition) is 5. The van der Waals surface area contributed by atoms with Crippen molar-refractivity contribution >= 4 is 34.4 Å². The van der Waals surface area contributed by atoms with Gasteiger partial charge in [0.2, 0.25) is 5.89 Å². The van der Waals surface area contributed by atoms with Gasteiger partial charge in [-0.05, 0) is 47.7 Å². The fraction of sp³-hybridized carbons (Fsp3) is 0.292. The molecule has 8 heteroatoms. The average Bonchev–Trinajstić information content (AvgIpc) is 3.47. The summed E-state index contributed by atoms with van der Waals surface area (Å²) in [7, 11) is 0. The largest absolute Gasteiger partial charge is 0.351 e. The molecule has 7 nitrogen and oxygen atoms in total. The second kappa shape index (κ2) is 9.04. The van der Waals surface area contributed by atoms with Gasteiger partial charge in [-0.3, -0.25) is 4.79 Å². The molecule has 0 radical (unpaired) electrons. The predicted molar refractivity (Wildman–Crippen MR) is 124 cm³/mol. The zero-order valence-corrected chi connectivity index (χ0v) is 18.3. The number of nitrogens with zero attached hydrogens (tertiary/aromatic N) is 3. The number of anilines is 1. The summed E-state index contributed by atoms with van der Waals surface area (Å²) in [6.45, 7) is 2.13. The summed E-state index contributed by atoms with van der Waals surface area (Å²) in [5.41, 5.74) is 2.70. The number of rotatable bonds is 6. The third kappa shape index (κ3) is 4.34. The van der Waals surface area contributed by atoms with Gasteiger partial charge in [-0.1, -0.05) is 48.0 Å². The summed E-state index contributed by atoms with van der Waals surface area (Å²) in [6, 6.07) is 17.7. The SMILES string of the molecule is O=C(NCCc1nc(N2CCC(c3ccccc3Cl)CC2)no1)c1cc2ccccc2[nH]1. The van der Waals surface area contributed by atoms with Crippen LogP contribution in [0.15, 0.2) is 59.1 Å². The lowest BCUT2D eigenvalue weighted by atomic mass is 9.89. The highest BCUT2D eigenvalue weighted by Crippen LogP contribution is 2.33. The van der Waals surface area contributed by atoms with Crippen molar-refractivity contribution < 1.29 is 9.32 Å². The molecule has 1 amide bonds. The van der Waals surface area contributed by atoms with Gasteiger partial charge in [0, 0.05) is 42.0 Å². The molecule has 1 fully saturated rings. The maximum absolute atomic E-state index is 12.4. The molecule has 32 heavy (non-hydrogen) atoms. The monoisotopic (exact) mass is 449 g/mol. The minimum atomic E-state index is -0.150. The first-order chi connectivity index (χ1) is 15.7. The maximum Gasteiger partial charge on any atom is 0.267 e. The summed E-state index contributed by atoms with van der Waals surface area (Å²) >= 11 is 6.36. The number of hydrogen-bond donors (Lipinski definition) is 2. The number of amides is 1. The van der Waals surface area contributed by atoms with Gasteiger partial charge >= 0.3 is 0 Å². The van der Waals surface area contributed by atoms with Crippen molar-refractivity contribution in [3.05, 3.63) is 76.8 Å². The molecular weight excluding hydrogens is 426 g/mol. The number of carbonyl (C=O) groups is 1. The zero-order valence-electron chi connectivity index (χ0n) is 17.6. The van der Waals surface area contributed by atoms with E-state index < -0.39 is 0 Å². The van der Waals surface area contributed by atoms with Crippen LogP contribution in [0.2, 0.25) is 5.02 Å². The third-order valence-corrected chi connectivity index (χ3v) is 6.32. The molecule has 164 valence electrons. The van der Waals surface area contributed by atoms with E-state index in [0.717, 1.165) is 41.9 Å². The van der Waals surface area contributed by atoms with E-state index in [2.05, 4.69) is 31.4 Å². The molecule has 0 saturated carbocycles. The van der Waals surface area contributed by atoms with Crippen molar-refractivity contribution in [2.75, 3.05) is 24.5 Å². The highest BCUT2D eigenvalue weighted by atomic mass is 35.5. The van der Waals surface area contributed by atoms with E-state index in [1.165, 1.54) is 5.56 Å². The molecule has 0 spiro atoms. The Morgan fingerprint density at radius 3 is 2.75 bits per heavy atom. The van der Waals surface area contributed by atoms with Crippen molar-refractivity contribution in [3.63, 3.8) is 0 Å². The topological polar surface area (TPSA) is 87.1 Å². The first-order valence-corrected chi connectivity index (χ1v) is 11.2. The summed E-state index contributed by atoms with van der Waals surface area (Å²) in [6.07, 6.45) is 2.47. The highest BCUT2D eigenvalue weighted by molar-refractivity contribution is 6.31. The van der Waals surface area contributed by atoms with Gasteiger partial charge in [-0.2, -0.15) is 4.98 Å². The van der Waals surface area contributed by atoms with E-state index >= 15 is 0 Å². The van der Waals surface area contributed by atoms with Crippen molar-refractivity contribution in [1.82, 2.24) is 20.4 Å². The van der Waals surface area contributed by atoms with E-state index in [1.807, 2.05) is 48.5 Å². The van der Waals surface area contributed by atoms with E-state index in [0.29, 0.717) is 36.4 Å². The number of piperidine rings is 1. The van der Waals surface area contributed by atoms with Gasteiger partial charge < -0.3 is 19.7 Å². The van der Waals surface area contributed by atoms with E-state index in [4.69, 9.17) is 16.1 Å². The predicted octanol–water partition coefficient (Wildman–Crippen LogP) is 4.56. The van der Waals surface area contributed by atoms with Crippen molar-refractivity contribution in [1.29, 1.82) is 0 Å². The Bertz CT molecular complexity index is 1190. The van der Waals surface area contributed by atoms with Crippen LogP contribution in [0.5, 0.6) is 0 Å². The van der Waals surface area contributed by atoms with Gasteiger partial charge in [-0.15, -0.1) is 0 Å². The van der Waals surface area contributed by atoms with Gasteiger partial charge in [-0.25, -0.2) is 0 Å². The lowest BCUT2D eigenvalue weighted by Gasteiger charge is -2.31. The van der Waals surface area contributed by atoms with Crippen LogP contribution in [0.3, 0.4) is 0 Å². The fourth-order valence-corrected chi connectivity index (χ4v) is 4.54. The molecule has 1 saturated heterocycles. The van der Waals surface area contributed by atoms with Gasteiger partial charge in [0.25, 0.3) is 11.9 Å². The number of aromatic nitrogens is 3. The Labute approximate surface area is 190 Å². The molecule has 0 unspecified atom stereocenters. The molecule has 2 aromatic carbocycles. The molecule has 0 bridgehead atoms. The fourth-order valence-electron chi connectivity index (χ4n) is 4.25. The molecule has 4 aromatic rings. The van der Waals surface area contributed by atoms with Gasteiger partial charge in [0.1, 0.15) is 5.69 Å². The standard InChI is InChI=1S/C24H24ClN5O2/c25-19-7-3-2-6-18(19)16-10-13-30(14-11-16)24-28-22(32-29-24)9-12-26-23(31)21-15-17-5-1-4-8-20(17)27-21/h1-8,15-16,27H,9-14H2,(H,26,31). The van der Waals surface area contributed by atoms with Crippen molar-refractivity contribution in [2.24, 2.45) is 0 Å². The molecule has 2 N–H and O–H groups in total. The Balaban J connectivity index is 1.12. The number of fused-ring (bicyclic) bond motifs is 1. The van der Waals surface area contributed by atoms with E-state index in [-0.39, 0.29) is 5.91 Å². The number of halogens is 1. The number of para-hydroxylation sites is 1. The van der Waals surface area contributed by atoms with Crippen molar-refractivity contribution in [3.8, 4) is 0 Å². The zero-order chi connectivity index (χ0) is 21.9. The van der Waals surface area contributed by atoms with Crippen LogP contribution in [-0.2, 0) is 6.42 Å². The summed E-state index contributed by atoms with van der Waals surface area (Å²) in [5.74, 6) is 1.43. The molecule has 0 aliphatic carbocycles. The number of carbonyl (C=O) groups excluding carboxylic acids is 1. The Kier molecular flexibility index (Phi) is 5.81. The molecule has 3 heterocycles. The van der Waals surface area contributed by atoms with E-state index in [1.54, 1.807) is 0 Å². The second-order valence-electron chi connectivity index (χ2n) is 8.05. The summed E-state index contributed by atoms with van der Waals surface area (Å²) in [4.78, 5) is 22.2. The highest BCUT2D eigenvalue weighted by Gasteiger charge is 2.24. The number of H-pyrrole nitrogens is 1. The van der Waals surface area contributed by atoms with Gasteiger partial charge in [0.05, 0.1) is 0 Å². The lowest BCUT2D eigenvalue weighted by Crippen LogP contribution is -2.33. The van der Waals surface area contributed by atoms with Crippen LogP contribution in [0.4, 0.5) is 5.95 Å². The second-order valence-corrected chi connectivity index (χ2v) is 8.45. The molecule has 1 aliphatic rings. The molecule has 2 aromatic heterocycles. The van der Waals surface area contributed by atoms with Gasteiger partial charge in [0.15, 0.2) is 0 Å². The summed E-state index contributed by atoms with van der Waals surface area (Å²) < 4.78 is 5.40. The number of aromatic amines is 1. The minimum absolute atomic E-state index is 0.150. The minimum Gasteiger partial charge on any atom is -0.351 e. The normalized spacial score (nSPS) is 14.7. The molecule has 5 rings (SSSR count). The summed E-state index contributed by atoms with van der Waals surface area (Å²) in [5, 5.41) is 8.88. The number of benzene rings is 2. The first kappa shape index (κ1) is 20.6.